The Balaban J connectivity index is 1.65. The van der Waals surface area contributed by atoms with Crippen LogP contribution in [0.3, 0.4) is 0 Å². The second-order valence-electron chi connectivity index (χ2n) is 10.4. The standard InChI is InChI=1S/C31H30F8N6O4/c1-2-18(9-19(11-40)31(37,38)39)24(26-6-3-20(32)12-43-26)10-28(46)45-27-15-41-14-25(33)23(27)5-4-22-13-42-21(16-49-22)7-8-48-29(47)44-17-30(34,35)36/h2-3,6,9,11-12,14-15,21-22,24,40,42H,4-5,10,13,16-17H2,1H3,(H,44,47)(H,45,46). The molecule has 0 radical (unpaired) electrons. The Bertz CT molecular complexity index is 1590. The molecule has 1 saturated heterocycles. The molecule has 1 aliphatic rings. The summed E-state index contributed by atoms with van der Waals surface area (Å²) in [5, 5.41) is 14.2. The Morgan fingerprint density at radius 2 is 1.94 bits per heavy atom. The summed E-state index contributed by atoms with van der Waals surface area (Å²) in [5.74, 6) is -0.826. The topological polar surface area (TPSA) is 138 Å². The minimum Gasteiger partial charge on any atom is -0.374 e. The average Bonchev–Trinajstić information content (AvgIpc) is 3.03. The highest BCUT2D eigenvalue weighted by Gasteiger charge is 2.33. The lowest BCUT2D eigenvalue weighted by molar-refractivity contribution is -0.123. The van der Waals surface area contributed by atoms with Crippen molar-refractivity contribution >= 4 is 23.9 Å². The Morgan fingerprint density at radius 1 is 1.18 bits per heavy atom. The van der Waals surface area contributed by atoms with Gasteiger partial charge in [0.15, 0.2) is 0 Å². The number of anilines is 1. The van der Waals surface area contributed by atoms with Crippen LogP contribution in [0.2, 0.25) is 0 Å². The number of nitrogens with zero attached hydrogens (tertiary/aromatic N) is 2. The van der Waals surface area contributed by atoms with Crippen molar-refractivity contribution in [2.75, 3.05) is 25.0 Å². The normalized spacial score (nSPS) is 17.7. The molecule has 0 bridgehead atoms. The van der Waals surface area contributed by atoms with Crippen molar-refractivity contribution in [3.63, 3.8) is 0 Å². The van der Waals surface area contributed by atoms with Crippen molar-refractivity contribution in [3.8, 4) is 12.0 Å². The molecule has 0 aromatic carbocycles. The zero-order valence-corrected chi connectivity index (χ0v) is 25.6. The zero-order chi connectivity index (χ0) is 36.2. The van der Waals surface area contributed by atoms with Crippen LogP contribution in [0.4, 0.5) is 45.6 Å². The van der Waals surface area contributed by atoms with Crippen molar-refractivity contribution < 1.29 is 54.2 Å². The Hall–Kier alpha value is -4.89. The number of carbonyl (C=O) groups is 2. The number of hydrogen-bond acceptors (Lipinski definition) is 8. The molecule has 1 fully saturated rings. The van der Waals surface area contributed by atoms with Gasteiger partial charge < -0.3 is 25.5 Å². The molecule has 3 atom stereocenters. The van der Waals surface area contributed by atoms with Crippen LogP contribution in [0, 0.1) is 29.1 Å². The van der Waals surface area contributed by atoms with Crippen LogP contribution >= 0.6 is 0 Å². The number of ether oxygens (including phenoxy) is 2. The smallest absolute Gasteiger partial charge is 0.374 e. The molecule has 3 rings (SSSR count). The van der Waals surface area contributed by atoms with Crippen molar-refractivity contribution in [3.05, 3.63) is 76.9 Å². The van der Waals surface area contributed by atoms with E-state index in [1.54, 1.807) is 0 Å². The Kier molecular flexibility index (Phi) is 13.8. The maximum Gasteiger partial charge on any atom is 0.421 e. The number of rotatable bonds is 11. The second-order valence-corrected chi connectivity index (χ2v) is 10.4. The molecule has 4 N–H and O–H groups in total. The maximum atomic E-state index is 14.9. The first-order chi connectivity index (χ1) is 23.1. The number of aromatic nitrogens is 2. The van der Waals surface area contributed by atoms with Gasteiger partial charge in [-0.2, -0.15) is 26.3 Å². The summed E-state index contributed by atoms with van der Waals surface area (Å²) in [5.41, 5.74) is -1.17. The van der Waals surface area contributed by atoms with E-state index in [1.165, 1.54) is 30.6 Å². The fraction of sp³-hybridized carbons (Fsp3) is 0.387. The highest BCUT2D eigenvalue weighted by atomic mass is 19.4. The molecule has 0 spiro atoms. The number of nitrogens with one attached hydrogen (secondary N) is 4. The van der Waals surface area contributed by atoms with Gasteiger partial charge in [0.2, 0.25) is 5.91 Å². The first-order valence-corrected chi connectivity index (χ1v) is 14.5. The largest absolute Gasteiger partial charge is 0.421 e. The Morgan fingerprint density at radius 3 is 2.53 bits per heavy atom. The van der Waals surface area contributed by atoms with Gasteiger partial charge in [0.05, 0.1) is 48.6 Å². The molecule has 0 aliphatic carbocycles. The number of alkyl carbamates (subject to hydrolysis) is 1. The van der Waals surface area contributed by atoms with Gasteiger partial charge in [-0.3, -0.25) is 20.1 Å². The van der Waals surface area contributed by atoms with Crippen molar-refractivity contribution in [1.82, 2.24) is 20.6 Å². The van der Waals surface area contributed by atoms with E-state index in [-0.39, 0.29) is 54.7 Å². The first kappa shape index (κ1) is 38.6. The van der Waals surface area contributed by atoms with Crippen molar-refractivity contribution in [1.29, 1.82) is 5.41 Å². The van der Waals surface area contributed by atoms with Crippen LogP contribution < -0.4 is 16.0 Å². The highest BCUT2D eigenvalue weighted by Crippen LogP contribution is 2.33. The SMILES string of the molecule is CC=C(C=C(C=N)C(F)(F)F)C(CC(=O)Nc1cncc(F)c1CCC1CNC(C#COC(=O)NCC(F)(F)F)CO1)c1ccc(F)cn1. The van der Waals surface area contributed by atoms with Gasteiger partial charge in [0.1, 0.15) is 24.3 Å². The fourth-order valence-electron chi connectivity index (χ4n) is 4.53. The van der Waals surface area contributed by atoms with E-state index in [0.29, 0.717) is 6.08 Å². The number of alkyl halides is 6. The third kappa shape index (κ3) is 12.6. The summed E-state index contributed by atoms with van der Waals surface area (Å²) in [4.78, 5) is 32.2. The number of allylic oxidation sites excluding steroid dienone is 4. The van der Waals surface area contributed by atoms with Crippen molar-refractivity contribution in [2.24, 2.45) is 0 Å². The monoisotopic (exact) mass is 702 g/mol. The lowest BCUT2D eigenvalue weighted by Crippen LogP contribution is -2.45. The quantitative estimate of drug-likeness (QED) is 0.105. The van der Waals surface area contributed by atoms with Gasteiger partial charge in [-0.05, 0) is 49.5 Å². The van der Waals surface area contributed by atoms with Crippen LogP contribution in [0.25, 0.3) is 0 Å². The molecule has 2 amide bonds. The van der Waals surface area contributed by atoms with E-state index in [9.17, 15) is 44.7 Å². The van der Waals surface area contributed by atoms with Crippen LogP contribution in [0.15, 0.2) is 54.0 Å². The number of carbonyl (C=O) groups excluding carboxylic acids is 2. The molecule has 3 heterocycles. The average molecular weight is 703 g/mol. The van der Waals surface area contributed by atoms with Gasteiger partial charge in [-0.1, -0.05) is 6.08 Å². The Labute approximate surface area is 274 Å². The molecule has 49 heavy (non-hydrogen) atoms. The lowest BCUT2D eigenvalue weighted by atomic mass is 9.89. The molecule has 2 aromatic heterocycles. The number of morpholine rings is 1. The molecule has 264 valence electrons. The van der Waals surface area contributed by atoms with E-state index in [2.05, 4.69) is 31.3 Å². The van der Waals surface area contributed by atoms with Crippen LogP contribution in [0.5, 0.6) is 0 Å². The summed E-state index contributed by atoms with van der Waals surface area (Å²) in [6, 6.07) is 1.63. The summed E-state index contributed by atoms with van der Waals surface area (Å²) in [7, 11) is 0. The first-order valence-electron chi connectivity index (χ1n) is 14.5. The van der Waals surface area contributed by atoms with Gasteiger partial charge in [0.25, 0.3) is 0 Å². The third-order valence-electron chi connectivity index (χ3n) is 6.93. The summed E-state index contributed by atoms with van der Waals surface area (Å²) >= 11 is 0. The van der Waals surface area contributed by atoms with Crippen molar-refractivity contribution in [2.45, 2.75) is 56.6 Å². The molecule has 1 aliphatic heterocycles. The molecule has 3 unspecified atom stereocenters. The predicted octanol–water partition coefficient (Wildman–Crippen LogP) is 5.49. The summed E-state index contributed by atoms with van der Waals surface area (Å²) in [6.45, 7) is 0.0707. The molecular weight excluding hydrogens is 672 g/mol. The van der Waals surface area contributed by atoms with Crippen LogP contribution in [-0.2, 0) is 20.7 Å². The number of amides is 2. The van der Waals surface area contributed by atoms with Gasteiger partial charge >= 0.3 is 18.4 Å². The van der Waals surface area contributed by atoms with Gasteiger partial charge in [-0.15, -0.1) is 0 Å². The van der Waals surface area contributed by atoms with E-state index in [1.807, 2.05) is 6.11 Å². The molecule has 2 aromatic rings. The number of hydrogen-bond donors (Lipinski definition) is 4. The minimum atomic E-state index is -4.86. The van der Waals surface area contributed by atoms with Gasteiger partial charge in [-0.25, -0.2) is 13.6 Å². The van der Waals surface area contributed by atoms with Crippen LogP contribution in [-0.4, -0.2) is 72.4 Å². The maximum absolute atomic E-state index is 14.9. The third-order valence-corrected chi connectivity index (χ3v) is 6.93. The molecule has 0 saturated carbocycles. The van der Waals surface area contributed by atoms with E-state index in [0.717, 1.165) is 18.5 Å². The van der Waals surface area contributed by atoms with E-state index < -0.39 is 72.6 Å². The second kappa shape index (κ2) is 17.5. The minimum absolute atomic E-state index is 0.00217. The lowest BCUT2D eigenvalue weighted by Gasteiger charge is -2.27. The predicted molar refractivity (Wildman–Crippen MR) is 159 cm³/mol. The van der Waals surface area contributed by atoms with Crippen LogP contribution in [0.1, 0.15) is 36.9 Å². The summed E-state index contributed by atoms with van der Waals surface area (Å²) < 4.78 is 115. The molecule has 18 heteroatoms. The molecule has 10 nitrogen and oxygen atoms in total. The molecular formula is C31H30F8N6O4. The van der Waals surface area contributed by atoms with E-state index in [4.69, 9.17) is 10.1 Å². The summed E-state index contributed by atoms with van der Waals surface area (Å²) in [6.07, 6.45) is -4.38. The zero-order valence-electron chi connectivity index (χ0n) is 25.6. The highest BCUT2D eigenvalue weighted by molar-refractivity contribution is 5.92. The number of pyridine rings is 2. The fourth-order valence-corrected chi connectivity index (χ4v) is 4.53. The van der Waals surface area contributed by atoms with Gasteiger partial charge in [0, 0.05) is 36.4 Å². The van der Waals surface area contributed by atoms with E-state index >= 15 is 0 Å². The number of halogens is 8.